The van der Waals surface area contributed by atoms with E-state index in [0.717, 1.165) is 10.2 Å². The van der Waals surface area contributed by atoms with Crippen LogP contribution in [0.1, 0.15) is 12.5 Å². The van der Waals surface area contributed by atoms with Crippen molar-refractivity contribution in [3.8, 4) is 0 Å². The van der Waals surface area contributed by atoms with Gasteiger partial charge in [-0.05, 0) is 42.0 Å². The Labute approximate surface area is 181 Å². The molecule has 1 N–H and O–H groups in total. The number of non-ortho nitro benzene ring substituents is 1. The van der Waals surface area contributed by atoms with Crippen molar-refractivity contribution in [2.24, 2.45) is 4.99 Å². The largest absolute Gasteiger partial charge is 0.383 e. The van der Waals surface area contributed by atoms with Crippen LogP contribution in [0.15, 0.2) is 53.5 Å². The van der Waals surface area contributed by atoms with Crippen molar-refractivity contribution in [2.75, 3.05) is 19.0 Å². The molecule has 0 bridgehead atoms. The number of nitrogens with zero attached hydrogens (tertiary/aromatic N) is 3. The van der Waals surface area contributed by atoms with E-state index in [9.17, 15) is 19.7 Å². The van der Waals surface area contributed by atoms with Crippen LogP contribution in [0.3, 0.4) is 0 Å². The van der Waals surface area contributed by atoms with Gasteiger partial charge in [-0.1, -0.05) is 11.3 Å². The number of hydrogen-bond acceptors (Lipinski definition) is 6. The summed E-state index contributed by atoms with van der Waals surface area (Å²) < 4.78 is 7.93. The van der Waals surface area contributed by atoms with Crippen molar-refractivity contribution in [3.05, 3.63) is 69.0 Å². The van der Waals surface area contributed by atoms with Crippen LogP contribution in [0.4, 0.5) is 11.4 Å². The molecule has 0 unspecified atom stereocenters. The molecule has 0 aliphatic carbocycles. The highest BCUT2D eigenvalue weighted by atomic mass is 32.1. The first-order valence-electron chi connectivity index (χ1n) is 9.28. The maximum absolute atomic E-state index is 12.4. The van der Waals surface area contributed by atoms with Crippen LogP contribution >= 0.6 is 11.3 Å². The number of aromatic nitrogens is 1. The Morgan fingerprint density at radius 3 is 2.65 bits per heavy atom. The monoisotopic (exact) mass is 440 g/mol. The Kier molecular flexibility index (Phi) is 7.06. The Morgan fingerprint density at radius 1 is 1.26 bits per heavy atom. The number of methoxy groups -OCH3 is 1. The molecule has 2 aromatic carbocycles. The lowest BCUT2D eigenvalue weighted by atomic mass is 10.2. The van der Waals surface area contributed by atoms with Crippen molar-refractivity contribution in [1.29, 1.82) is 0 Å². The zero-order valence-corrected chi connectivity index (χ0v) is 17.7. The second-order valence-corrected chi connectivity index (χ2v) is 7.53. The molecule has 0 fully saturated rings. The van der Waals surface area contributed by atoms with E-state index in [1.807, 2.05) is 16.7 Å². The van der Waals surface area contributed by atoms with Gasteiger partial charge in [0.15, 0.2) is 4.80 Å². The fraction of sp³-hybridized carbons (Fsp3) is 0.190. The topological polar surface area (TPSA) is 116 Å². The van der Waals surface area contributed by atoms with Crippen molar-refractivity contribution in [3.63, 3.8) is 0 Å². The first kappa shape index (κ1) is 22.1. The molecule has 2 amide bonds. The molecule has 31 heavy (non-hydrogen) atoms. The third kappa shape index (κ3) is 5.71. The summed E-state index contributed by atoms with van der Waals surface area (Å²) in [5.74, 6) is -0.627. The van der Waals surface area contributed by atoms with E-state index < -0.39 is 10.8 Å². The standard InChI is InChI=1S/C21H20N4O5S/c1-14(26)22-16-6-9-18-19(13-16)31-21(24(18)11-12-30-2)23-20(27)10-5-15-3-7-17(8-4-15)25(28)29/h3-10,13H,11-12H2,1-2H3,(H,22,26). The molecule has 0 saturated carbocycles. The average Bonchev–Trinajstić information content (AvgIpc) is 3.06. The molecule has 10 heteroatoms. The number of nitro benzene ring substituents is 1. The predicted molar refractivity (Wildman–Crippen MR) is 119 cm³/mol. The Morgan fingerprint density at radius 2 is 2.00 bits per heavy atom. The number of fused-ring (bicyclic) bond motifs is 1. The predicted octanol–water partition coefficient (Wildman–Crippen LogP) is 3.36. The van der Waals surface area contributed by atoms with Gasteiger partial charge in [0.25, 0.3) is 11.6 Å². The minimum atomic E-state index is -0.481. The van der Waals surface area contributed by atoms with Crippen LogP contribution in [-0.4, -0.2) is 35.0 Å². The van der Waals surface area contributed by atoms with E-state index in [4.69, 9.17) is 4.74 Å². The number of hydrogen-bond donors (Lipinski definition) is 1. The number of benzene rings is 2. The van der Waals surface area contributed by atoms with Gasteiger partial charge >= 0.3 is 0 Å². The van der Waals surface area contributed by atoms with Gasteiger partial charge in [0, 0.05) is 44.5 Å². The third-order valence-electron chi connectivity index (χ3n) is 4.25. The van der Waals surface area contributed by atoms with Crippen molar-refractivity contribution in [1.82, 2.24) is 4.57 Å². The van der Waals surface area contributed by atoms with Gasteiger partial charge in [0.2, 0.25) is 5.91 Å². The van der Waals surface area contributed by atoms with E-state index >= 15 is 0 Å². The number of amides is 2. The normalized spacial score (nSPS) is 11.9. The fourth-order valence-electron chi connectivity index (χ4n) is 2.84. The molecule has 160 valence electrons. The summed E-state index contributed by atoms with van der Waals surface area (Å²) in [4.78, 5) is 38.7. The summed E-state index contributed by atoms with van der Waals surface area (Å²) in [6.45, 7) is 2.39. The molecule has 0 aliphatic heterocycles. The van der Waals surface area contributed by atoms with Gasteiger partial charge in [-0.2, -0.15) is 4.99 Å². The quantitative estimate of drug-likeness (QED) is 0.344. The molecular weight excluding hydrogens is 420 g/mol. The lowest BCUT2D eigenvalue weighted by Gasteiger charge is -2.05. The molecule has 3 rings (SSSR count). The number of rotatable bonds is 7. The highest BCUT2D eigenvalue weighted by molar-refractivity contribution is 7.16. The minimum Gasteiger partial charge on any atom is -0.383 e. The van der Waals surface area contributed by atoms with E-state index in [1.165, 1.54) is 36.5 Å². The van der Waals surface area contributed by atoms with Gasteiger partial charge in [-0.25, -0.2) is 0 Å². The van der Waals surface area contributed by atoms with Gasteiger partial charge in [-0.15, -0.1) is 0 Å². The number of thiazole rings is 1. The Balaban J connectivity index is 1.91. The average molecular weight is 440 g/mol. The van der Waals surface area contributed by atoms with Crippen LogP contribution in [0.2, 0.25) is 0 Å². The highest BCUT2D eigenvalue weighted by Gasteiger charge is 2.09. The summed E-state index contributed by atoms with van der Waals surface area (Å²) in [6.07, 6.45) is 2.87. The van der Waals surface area contributed by atoms with Crippen molar-refractivity contribution < 1.29 is 19.2 Å². The summed E-state index contributed by atoms with van der Waals surface area (Å²) in [5.41, 5.74) is 2.17. The van der Waals surface area contributed by atoms with E-state index in [0.29, 0.717) is 29.2 Å². The summed E-state index contributed by atoms with van der Waals surface area (Å²) >= 11 is 1.33. The second-order valence-electron chi connectivity index (χ2n) is 6.52. The zero-order valence-electron chi connectivity index (χ0n) is 16.9. The number of carbonyl (C=O) groups is 2. The SMILES string of the molecule is COCCn1c(=NC(=O)C=Cc2ccc([N+](=O)[O-])cc2)sc2cc(NC(C)=O)ccc21. The molecule has 0 saturated heterocycles. The van der Waals surface area contributed by atoms with E-state index in [2.05, 4.69) is 10.3 Å². The number of carbonyl (C=O) groups excluding carboxylic acids is 2. The van der Waals surface area contributed by atoms with Gasteiger partial charge < -0.3 is 14.6 Å². The van der Waals surface area contributed by atoms with E-state index in [-0.39, 0.29) is 11.6 Å². The number of nitrogens with one attached hydrogen (secondary N) is 1. The maximum atomic E-state index is 12.4. The smallest absolute Gasteiger partial charge is 0.272 e. The third-order valence-corrected chi connectivity index (χ3v) is 5.29. The first-order valence-corrected chi connectivity index (χ1v) is 10.1. The summed E-state index contributed by atoms with van der Waals surface area (Å²) in [6, 6.07) is 11.4. The van der Waals surface area contributed by atoms with Crippen molar-refractivity contribution >= 4 is 50.8 Å². The fourth-order valence-corrected chi connectivity index (χ4v) is 3.95. The lowest BCUT2D eigenvalue weighted by molar-refractivity contribution is -0.384. The van der Waals surface area contributed by atoms with Crippen LogP contribution in [-0.2, 0) is 20.9 Å². The molecule has 1 aromatic heterocycles. The second kappa shape index (κ2) is 9.92. The number of anilines is 1. The molecular formula is C21H20N4O5S. The summed E-state index contributed by atoms with van der Waals surface area (Å²) in [7, 11) is 1.60. The summed E-state index contributed by atoms with van der Waals surface area (Å²) in [5, 5.41) is 13.5. The molecule has 0 spiro atoms. The first-order chi connectivity index (χ1) is 14.9. The number of nitro groups is 1. The Bertz CT molecular complexity index is 1220. The zero-order chi connectivity index (χ0) is 22.4. The van der Waals surface area contributed by atoms with E-state index in [1.54, 1.807) is 31.4 Å². The van der Waals surface area contributed by atoms with Crippen LogP contribution < -0.4 is 10.1 Å². The number of ether oxygens (including phenoxy) is 1. The van der Waals surface area contributed by atoms with Gasteiger partial charge in [0.05, 0.1) is 21.7 Å². The highest BCUT2D eigenvalue weighted by Crippen LogP contribution is 2.22. The minimum absolute atomic E-state index is 0.0174. The van der Waals surface area contributed by atoms with Crippen LogP contribution in [0, 0.1) is 10.1 Å². The molecule has 3 aromatic rings. The molecule has 0 radical (unpaired) electrons. The Hall–Kier alpha value is -3.63. The molecule has 9 nitrogen and oxygen atoms in total. The maximum Gasteiger partial charge on any atom is 0.272 e. The molecule has 1 heterocycles. The van der Waals surface area contributed by atoms with Crippen LogP contribution in [0.5, 0.6) is 0 Å². The van der Waals surface area contributed by atoms with Gasteiger partial charge in [-0.3, -0.25) is 19.7 Å². The molecule has 0 atom stereocenters. The lowest BCUT2D eigenvalue weighted by Crippen LogP contribution is -2.18. The van der Waals surface area contributed by atoms with Crippen molar-refractivity contribution in [2.45, 2.75) is 13.5 Å². The molecule has 0 aliphatic rings. The van der Waals surface area contributed by atoms with Crippen LogP contribution in [0.25, 0.3) is 16.3 Å². The van der Waals surface area contributed by atoms with Gasteiger partial charge in [0.1, 0.15) is 0 Å².